The van der Waals surface area contributed by atoms with Crippen molar-refractivity contribution in [3.8, 4) is 5.75 Å². The average Bonchev–Trinajstić information content (AvgIpc) is 2.73. The third-order valence-corrected chi connectivity index (χ3v) is 6.75. The van der Waals surface area contributed by atoms with Crippen LogP contribution in [-0.2, 0) is 14.8 Å². The monoisotopic (exact) mass is 402 g/mol. The lowest BCUT2D eigenvalue weighted by atomic mass is 9.97. The Balaban J connectivity index is 1.47. The van der Waals surface area contributed by atoms with Crippen molar-refractivity contribution in [3.05, 3.63) is 60.7 Å². The lowest BCUT2D eigenvalue weighted by Gasteiger charge is -2.31. The number of rotatable bonds is 7. The molecule has 1 N–H and O–H groups in total. The van der Waals surface area contributed by atoms with Gasteiger partial charge in [-0.25, -0.2) is 8.42 Å². The second-order valence-electron chi connectivity index (χ2n) is 7.03. The van der Waals surface area contributed by atoms with E-state index in [2.05, 4.69) is 5.32 Å². The zero-order chi connectivity index (χ0) is 20.0. The van der Waals surface area contributed by atoms with Gasteiger partial charge < -0.3 is 10.1 Å². The molecule has 0 spiro atoms. The lowest BCUT2D eigenvalue weighted by Crippen LogP contribution is -2.45. The van der Waals surface area contributed by atoms with Crippen molar-refractivity contribution < 1.29 is 17.9 Å². The molecule has 1 fully saturated rings. The van der Waals surface area contributed by atoms with E-state index in [1.54, 1.807) is 30.3 Å². The van der Waals surface area contributed by atoms with E-state index >= 15 is 0 Å². The number of hydrogen-bond donors (Lipinski definition) is 1. The minimum Gasteiger partial charge on any atom is -0.491 e. The smallest absolute Gasteiger partial charge is 0.243 e. The first kappa shape index (κ1) is 20.4. The van der Waals surface area contributed by atoms with Gasteiger partial charge in [-0.3, -0.25) is 4.79 Å². The highest BCUT2D eigenvalue weighted by molar-refractivity contribution is 7.89. The Bertz CT molecular complexity index is 864. The molecule has 1 aliphatic heterocycles. The van der Waals surface area contributed by atoms with Gasteiger partial charge in [-0.15, -0.1) is 0 Å². The Kier molecular flexibility index (Phi) is 6.70. The summed E-state index contributed by atoms with van der Waals surface area (Å²) in [5.74, 6) is 0.547. The van der Waals surface area contributed by atoms with Crippen molar-refractivity contribution in [2.75, 3.05) is 19.7 Å². The van der Waals surface area contributed by atoms with E-state index in [1.165, 1.54) is 4.31 Å². The van der Waals surface area contributed by atoms with Gasteiger partial charge in [-0.05, 0) is 44.0 Å². The SMILES string of the molecule is C[C@H](COc1ccccc1)NC(=O)C1CCN(S(=O)(=O)c2ccccc2)CC1. The molecule has 1 atom stereocenters. The summed E-state index contributed by atoms with van der Waals surface area (Å²) < 4.78 is 32.5. The molecule has 6 nitrogen and oxygen atoms in total. The highest BCUT2D eigenvalue weighted by Gasteiger charge is 2.32. The Labute approximate surface area is 166 Å². The van der Waals surface area contributed by atoms with Gasteiger partial charge in [-0.2, -0.15) is 4.31 Å². The number of amides is 1. The quantitative estimate of drug-likeness (QED) is 0.773. The summed E-state index contributed by atoms with van der Waals surface area (Å²) in [5, 5.41) is 2.97. The molecule has 0 aliphatic carbocycles. The lowest BCUT2D eigenvalue weighted by molar-refractivity contribution is -0.126. The molecule has 3 rings (SSSR count). The van der Waals surface area contributed by atoms with Gasteiger partial charge in [0.1, 0.15) is 12.4 Å². The molecule has 0 radical (unpaired) electrons. The Morgan fingerprint density at radius 2 is 1.64 bits per heavy atom. The molecule has 28 heavy (non-hydrogen) atoms. The molecule has 2 aromatic rings. The predicted octanol–water partition coefficient (Wildman–Crippen LogP) is 2.67. The summed E-state index contributed by atoms with van der Waals surface area (Å²) in [7, 11) is -3.49. The van der Waals surface area contributed by atoms with Gasteiger partial charge in [-0.1, -0.05) is 36.4 Å². The van der Waals surface area contributed by atoms with Crippen molar-refractivity contribution in [1.82, 2.24) is 9.62 Å². The Hall–Kier alpha value is -2.38. The largest absolute Gasteiger partial charge is 0.491 e. The van der Waals surface area contributed by atoms with Crippen LogP contribution in [0.3, 0.4) is 0 Å². The fourth-order valence-electron chi connectivity index (χ4n) is 3.24. The van der Waals surface area contributed by atoms with Crippen LogP contribution in [0, 0.1) is 5.92 Å². The summed E-state index contributed by atoms with van der Waals surface area (Å²) in [6.07, 6.45) is 1.04. The number of piperidine rings is 1. The molecule has 1 amide bonds. The Morgan fingerprint density at radius 3 is 2.25 bits per heavy atom. The first-order valence-corrected chi connectivity index (χ1v) is 10.9. The number of carbonyl (C=O) groups excluding carboxylic acids is 1. The van der Waals surface area contributed by atoms with Crippen LogP contribution in [0.4, 0.5) is 0 Å². The molecule has 0 unspecified atom stereocenters. The van der Waals surface area contributed by atoms with Crippen molar-refractivity contribution in [1.29, 1.82) is 0 Å². The van der Waals surface area contributed by atoms with E-state index in [4.69, 9.17) is 4.74 Å². The number of para-hydroxylation sites is 1. The zero-order valence-corrected chi connectivity index (χ0v) is 16.8. The summed E-state index contributed by atoms with van der Waals surface area (Å²) in [6.45, 7) is 2.99. The molecular formula is C21H26N2O4S. The van der Waals surface area contributed by atoms with Gasteiger partial charge in [0.05, 0.1) is 10.9 Å². The highest BCUT2D eigenvalue weighted by Crippen LogP contribution is 2.24. The molecule has 0 bridgehead atoms. The van der Waals surface area contributed by atoms with Gasteiger partial charge in [0.25, 0.3) is 0 Å². The maximum atomic E-state index is 12.7. The van der Waals surface area contributed by atoms with Crippen LogP contribution >= 0.6 is 0 Å². The maximum absolute atomic E-state index is 12.7. The molecular weight excluding hydrogens is 376 g/mol. The molecule has 0 aromatic heterocycles. The van der Waals surface area contributed by atoms with Gasteiger partial charge in [0.15, 0.2) is 0 Å². The van der Waals surface area contributed by atoms with Crippen LogP contribution < -0.4 is 10.1 Å². The number of nitrogens with zero attached hydrogens (tertiary/aromatic N) is 1. The third kappa shape index (κ3) is 5.11. The molecule has 2 aromatic carbocycles. The number of sulfonamides is 1. The second-order valence-corrected chi connectivity index (χ2v) is 8.96. The van der Waals surface area contributed by atoms with Gasteiger partial charge in [0.2, 0.25) is 15.9 Å². The normalized spacial score (nSPS) is 17.0. The van der Waals surface area contributed by atoms with Crippen LogP contribution in [0.1, 0.15) is 19.8 Å². The van der Waals surface area contributed by atoms with E-state index in [0.29, 0.717) is 37.4 Å². The minimum atomic E-state index is -3.49. The molecule has 1 heterocycles. The molecule has 0 saturated carbocycles. The van der Waals surface area contributed by atoms with E-state index in [-0.39, 0.29) is 17.9 Å². The fourth-order valence-corrected chi connectivity index (χ4v) is 4.73. The van der Waals surface area contributed by atoms with Crippen molar-refractivity contribution in [3.63, 3.8) is 0 Å². The zero-order valence-electron chi connectivity index (χ0n) is 16.0. The maximum Gasteiger partial charge on any atom is 0.243 e. The van der Waals surface area contributed by atoms with Crippen LogP contribution in [0.25, 0.3) is 0 Å². The first-order chi connectivity index (χ1) is 13.5. The molecule has 1 saturated heterocycles. The standard InChI is InChI=1S/C21H26N2O4S/c1-17(16-27-19-8-4-2-5-9-19)22-21(24)18-12-14-23(15-13-18)28(25,26)20-10-6-3-7-11-20/h2-11,17-18H,12-16H2,1H3,(H,22,24)/t17-/m1/s1. The number of benzene rings is 2. The summed E-state index contributed by atoms with van der Waals surface area (Å²) in [4.78, 5) is 12.8. The van der Waals surface area contributed by atoms with Crippen LogP contribution in [-0.4, -0.2) is 44.4 Å². The molecule has 150 valence electrons. The first-order valence-electron chi connectivity index (χ1n) is 9.50. The van der Waals surface area contributed by atoms with Crippen molar-refractivity contribution in [2.24, 2.45) is 5.92 Å². The van der Waals surface area contributed by atoms with Crippen molar-refractivity contribution in [2.45, 2.75) is 30.7 Å². The van der Waals surface area contributed by atoms with Crippen LogP contribution in [0.2, 0.25) is 0 Å². The predicted molar refractivity (Wildman–Crippen MR) is 107 cm³/mol. The van der Waals surface area contributed by atoms with Crippen LogP contribution in [0.15, 0.2) is 65.6 Å². The van der Waals surface area contributed by atoms with E-state index in [1.807, 2.05) is 37.3 Å². The highest BCUT2D eigenvalue weighted by atomic mass is 32.2. The molecule has 7 heteroatoms. The van der Waals surface area contributed by atoms with E-state index in [0.717, 1.165) is 5.75 Å². The van der Waals surface area contributed by atoms with Crippen molar-refractivity contribution >= 4 is 15.9 Å². The second kappa shape index (κ2) is 9.21. The average molecular weight is 403 g/mol. The number of hydrogen-bond acceptors (Lipinski definition) is 4. The summed E-state index contributed by atoms with van der Waals surface area (Å²) >= 11 is 0. The summed E-state index contributed by atoms with van der Waals surface area (Å²) in [6, 6.07) is 17.8. The van der Waals surface area contributed by atoms with E-state index in [9.17, 15) is 13.2 Å². The number of ether oxygens (including phenoxy) is 1. The number of carbonyl (C=O) groups is 1. The molecule has 1 aliphatic rings. The van der Waals surface area contributed by atoms with Gasteiger partial charge >= 0.3 is 0 Å². The van der Waals surface area contributed by atoms with Crippen LogP contribution in [0.5, 0.6) is 5.75 Å². The topological polar surface area (TPSA) is 75.7 Å². The number of nitrogens with one attached hydrogen (secondary N) is 1. The Morgan fingerprint density at radius 1 is 1.07 bits per heavy atom. The minimum absolute atomic E-state index is 0.0408. The third-order valence-electron chi connectivity index (χ3n) is 4.84. The fraction of sp³-hybridized carbons (Fsp3) is 0.381. The van der Waals surface area contributed by atoms with E-state index < -0.39 is 10.0 Å². The summed E-state index contributed by atoms with van der Waals surface area (Å²) in [5.41, 5.74) is 0. The van der Waals surface area contributed by atoms with Gasteiger partial charge in [0, 0.05) is 19.0 Å².